The lowest BCUT2D eigenvalue weighted by Crippen LogP contribution is -2.08. The van der Waals surface area contributed by atoms with E-state index in [1.54, 1.807) is 0 Å². The van der Waals surface area contributed by atoms with Gasteiger partial charge in [0, 0.05) is 33.8 Å². The molecule has 1 amide bonds. The Balaban J connectivity index is 2.46. The number of anilines is 1. The molecule has 0 aliphatic carbocycles. The van der Waals surface area contributed by atoms with Crippen molar-refractivity contribution in [2.75, 3.05) is 5.32 Å². The van der Waals surface area contributed by atoms with Gasteiger partial charge < -0.3 is 10.3 Å². The Morgan fingerprint density at radius 1 is 1.43 bits per heavy atom. The minimum atomic E-state index is -0.272. The molecule has 7 heteroatoms. The normalized spacial score (nSPS) is 10.6. The molecule has 3 aromatic rings. The van der Waals surface area contributed by atoms with Crippen LogP contribution < -0.4 is 5.32 Å². The van der Waals surface area contributed by atoms with Gasteiger partial charge in [-0.2, -0.15) is 0 Å². The van der Waals surface area contributed by atoms with Crippen LogP contribution >= 0.6 is 0 Å². The number of carbonyl (C=O) groups is 1. The third kappa shape index (κ3) is 2.05. The molecule has 0 aliphatic rings. The van der Waals surface area contributed by atoms with Crippen molar-refractivity contribution in [2.24, 2.45) is 5.11 Å². The number of nitrogens with one attached hydrogen (secondary N) is 2. The molecule has 3 rings (SSSR count). The number of azide groups is 1. The quantitative estimate of drug-likeness (QED) is 0.421. The van der Waals surface area contributed by atoms with Crippen LogP contribution in [0.25, 0.3) is 32.2 Å². The highest BCUT2D eigenvalue weighted by molar-refractivity contribution is 6.14. The Morgan fingerprint density at radius 3 is 2.90 bits per heavy atom. The molecule has 0 saturated carbocycles. The van der Waals surface area contributed by atoms with E-state index < -0.39 is 0 Å². The number of aryl methyl sites for hydroxylation is 1. The number of aromatic amines is 1. The molecule has 0 saturated heterocycles. The molecule has 2 N–H and O–H groups in total. The second-order valence-electron chi connectivity index (χ2n) is 4.69. The number of carbonyl (C=O) groups excluding carboxylic acids is 1. The van der Waals surface area contributed by atoms with Crippen molar-refractivity contribution in [2.45, 2.75) is 13.8 Å². The predicted octanol–water partition coefficient (Wildman–Crippen LogP) is 3.92. The van der Waals surface area contributed by atoms with Crippen molar-refractivity contribution in [1.82, 2.24) is 9.97 Å². The van der Waals surface area contributed by atoms with Gasteiger partial charge >= 0.3 is 0 Å². The van der Waals surface area contributed by atoms with Crippen LogP contribution in [0.3, 0.4) is 0 Å². The van der Waals surface area contributed by atoms with Gasteiger partial charge in [0.1, 0.15) is 11.5 Å². The van der Waals surface area contributed by atoms with E-state index in [0.29, 0.717) is 11.2 Å². The lowest BCUT2D eigenvalue weighted by molar-refractivity contribution is -0.114. The summed E-state index contributed by atoms with van der Waals surface area (Å²) in [4.78, 5) is 21.7. The largest absolute Gasteiger partial charge is 0.354 e. The van der Waals surface area contributed by atoms with Gasteiger partial charge in [-0.25, -0.2) is 4.98 Å². The number of amides is 1. The van der Waals surface area contributed by atoms with E-state index >= 15 is 0 Å². The van der Waals surface area contributed by atoms with Gasteiger partial charge in [-0.3, -0.25) is 4.79 Å². The predicted molar refractivity (Wildman–Crippen MR) is 81.4 cm³/mol. The van der Waals surface area contributed by atoms with Gasteiger partial charge in [0.2, 0.25) is 5.91 Å². The van der Waals surface area contributed by atoms with Crippen molar-refractivity contribution >= 4 is 39.2 Å². The highest BCUT2D eigenvalue weighted by atomic mass is 16.1. The molecule has 1 aromatic carbocycles. The summed E-state index contributed by atoms with van der Waals surface area (Å²) in [6, 6.07) is 7.76. The molecule has 0 bridgehead atoms. The first-order chi connectivity index (χ1) is 10.1. The maximum atomic E-state index is 11.3. The molecule has 21 heavy (non-hydrogen) atoms. The first-order valence-corrected chi connectivity index (χ1v) is 6.35. The van der Waals surface area contributed by atoms with Crippen LogP contribution in [0.5, 0.6) is 0 Å². The zero-order chi connectivity index (χ0) is 15.0. The topological polar surface area (TPSA) is 107 Å². The van der Waals surface area contributed by atoms with Crippen LogP contribution in [0.15, 0.2) is 29.4 Å². The average Bonchev–Trinajstić information content (AvgIpc) is 2.82. The SMILES string of the molecule is CC(=O)Nc1nc(C)c2c([nH]c3ccccc32)c1N=[N+]=[N-]. The Labute approximate surface area is 119 Å². The van der Waals surface area contributed by atoms with Gasteiger partial charge in [0.15, 0.2) is 0 Å². The Bertz CT molecular complexity index is 920. The van der Waals surface area contributed by atoms with Crippen molar-refractivity contribution < 1.29 is 4.79 Å². The molecule has 7 nitrogen and oxygen atoms in total. The number of aromatic nitrogens is 2. The summed E-state index contributed by atoms with van der Waals surface area (Å²) in [5.74, 6) is -0.0105. The second-order valence-corrected chi connectivity index (χ2v) is 4.69. The van der Waals surface area contributed by atoms with Crippen LogP contribution in [-0.2, 0) is 4.79 Å². The van der Waals surface area contributed by atoms with Crippen LogP contribution in [0.2, 0.25) is 0 Å². The second kappa shape index (κ2) is 4.81. The minimum absolute atomic E-state index is 0.261. The lowest BCUT2D eigenvalue weighted by atomic mass is 10.1. The zero-order valence-corrected chi connectivity index (χ0v) is 11.5. The highest BCUT2D eigenvalue weighted by Crippen LogP contribution is 2.37. The number of para-hydroxylation sites is 1. The van der Waals surface area contributed by atoms with E-state index in [1.807, 2.05) is 31.2 Å². The summed E-state index contributed by atoms with van der Waals surface area (Å²) in [6.45, 7) is 3.24. The number of H-pyrrole nitrogens is 1. The van der Waals surface area contributed by atoms with Gasteiger partial charge in [-0.1, -0.05) is 23.3 Å². The van der Waals surface area contributed by atoms with Crippen molar-refractivity contribution in [1.29, 1.82) is 0 Å². The van der Waals surface area contributed by atoms with Crippen molar-refractivity contribution in [3.8, 4) is 0 Å². The van der Waals surface area contributed by atoms with Crippen LogP contribution in [0.4, 0.5) is 11.5 Å². The summed E-state index contributed by atoms with van der Waals surface area (Å²) in [5, 5.41) is 8.19. The number of fused-ring (bicyclic) bond motifs is 3. The Hall–Kier alpha value is -3.05. The van der Waals surface area contributed by atoms with E-state index in [9.17, 15) is 4.79 Å². The fraction of sp³-hybridized carbons (Fsp3) is 0.143. The number of pyridine rings is 1. The molecular formula is C14H12N6O. The van der Waals surface area contributed by atoms with E-state index in [0.717, 1.165) is 22.0 Å². The number of benzene rings is 1. The molecule has 0 aliphatic heterocycles. The van der Waals surface area contributed by atoms with E-state index in [2.05, 4.69) is 25.3 Å². The Kier molecular flexibility index (Phi) is 2.97. The third-order valence-corrected chi connectivity index (χ3v) is 3.25. The van der Waals surface area contributed by atoms with Crippen LogP contribution in [0.1, 0.15) is 12.6 Å². The summed E-state index contributed by atoms with van der Waals surface area (Å²) in [5.41, 5.74) is 11.4. The zero-order valence-electron chi connectivity index (χ0n) is 11.5. The van der Waals surface area contributed by atoms with Gasteiger partial charge in [-0.15, -0.1) is 0 Å². The van der Waals surface area contributed by atoms with Crippen molar-refractivity contribution in [3.63, 3.8) is 0 Å². The highest BCUT2D eigenvalue weighted by Gasteiger charge is 2.16. The smallest absolute Gasteiger partial charge is 0.222 e. The summed E-state index contributed by atoms with van der Waals surface area (Å²) >= 11 is 0. The first-order valence-electron chi connectivity index (χ1n) is 6.35. The van der Waals surface area contributed by atoms with E-state index in [-0.39, 0.29) is 11.7 Å². The van der Waals surface area contributed by atoms with Crippen LogP contribution in [-0.4, -0.2) is 15.9 Å². The number of hydrogen-bond acceptors (Lipinski definition) is 3. The molecular weight excluding hydrogens is 268 g/mol. The van der Waals surface area contributed by atoms with E-state index in [1.165, 1.54) is 6.92 Å². The lowest BCUT2D eigenvalue weighted by Gasteiger charge is -2.08. The van der Waals surface area contributed by atoms with E-state index in [4.69, 9.17) is 5.53 Å². The molecule has 0 atom stereocenters. The fourth-order valence-electron chi connectivity index (χ4n) is 2.49. The average molecular weight is 280 g/mol. The van der Waals surface area contributed by atoms with Crippen molar-refractivity contribution in [3.05, 3.63) is 40.4 Å². The number of rotatable bonds is 2. The first kappa shape index (κ1) is 13.0. The fourth-order valence-corrected chi connectivity index (χ4v) is 2.49. The number of hydrogen-bond donors (Lipinski definition) is 2. The number of nitrogens with zero attached hydrogens (tertiary/aromatic N) is 4. The molecule has 0 radical (unpaired) electrons. The molecule has 104 valence electrons. The van der Waals surface area contributed by atoms with Gasteiger partial charge in [0.05, 0.1) is 5.52 Å². The monoisotopic (exact) mass is 280 g/mol. The Morgan fingerprint density at radius 2 is 2.19 bits per heavy atom. The van der Waals surface area contributed by atoms with Crippen LogP contribution in [0, 0.1) is 6.92 Å². The summed E-state index contributed by atoms with van der Waals surface area (Å²) in [7, 11) is 0. The molecule has 2 heterocycles. The summed E-state index contributed by atoms with van der Waals surface area (Å²) < 4.78 is 0. The molecule has 0 spiro atoms. The molecule has 2 aromatic heterocycles. The maximum Gasteiger partial charge on any atom is 0.222 e. The summed E-state index contributed by atoms with van der Waals surface area (Å²) in [6.07, 6.45) is 0. The third-order valence-electron chi connectivity index (χ3n) is 3.25. The minimum Gasteiger partial charge on any atom is -0.354 e. The van der Waals surface area contributed by atoms with Gasteiger partial charge in [-0.05, 0) is 18.5 Å². The standard InChI is InChI=1S/C14H12N6O/c1-7-11-9-5-3-4-6-10(9)18-12(11)13(19-20-15)14(16-7)17-8(2)21/h3-6,18H,1-2H3,(H,16,17,21). The maximum absolute atomic E-state index is 11.3. The van der Waals surface area contributed by atoms with Gasteiger partial charge in [0.25, 0.3) is 0 Å². The molecule has 0 fully saturated rings. The molecule has 0 unspecified atom stereocenters.